The SMILES string of the molecule is Cc1cc(N2CCCCC2)nc(Nc2ccc(NC(=O)Cc3ccc(F)cc3)cc2)n1. The Bertz CT molecular complexity index is 1030. The molecule has 4 rings (SSSR count). The van der Waals surface area contributed by atoms with Gasteiger partial charge in [0.05, 0.1) is 6.42 Å². The number of hydrogen-bond acceptors (Lipinski definition) is 5. The summed E-state index contributed by atoms with van der Waals surface area (Å²) in [6.07, 6.45) is 3.86. The van der Waals surface area contributed by atoms with Crippen molar-refractivity contribution in [3.05, 3.63) is 71.7 Å². The lowest BCUT2D eigenvalue weighted by Crippen LogP contribution is -2.30. The fourth-order valence-electron chi connectivity index (χ4n) is 3.65. The van der Waals surface area contributed by atoms with Crippen molar-refractivity contribution in [2.24, 2.45) is 0 Å². The van der Waals surface area contributed by atoms with Gasteiger partial charge in [0.1, 0.15) is 11.6 Å². The molecule has 1 saturated heterocycles. The minimum atomic E-state index is -0.312. The molecule has 31 heavy (non-hydrogen) atoms. The molecule has 7 heteroatoms. The quantitative estimate of drug-likeness (QED) is 0.598. The van der Waals surface area contributed by atoms with Gasteiger partial charge in [0.25, 0.3) is 0 Å². The lowest BCUT2D eigenvalue weighted by Gasteiger charge is -2.28. The number of anilines is 4. The molecular weight excluding hydrogens is 393 g/mol. The molecule has 0 atom stereocenters. The molecule has 2 heterocycles. The summed E-state index contributed by atoms with van der Waals surface area (Å²) >= 11 is 0. The fraction of sp³-hybridized carbons (Fsp3) is 0.292. The molecule has 0 bridgehead atoms. The van der Waals surface area contributed by atoms with E-state index < -0.39 is 0 Å². The summed E-state index contributed by atoms with van der Waals surface area (Å²) in [4.78, 5) is 23.7. The molecule has 0 unspecified atom stereocenters. The second-order valence-electron chi connectivity index (χ2n) is 7.79. The summed E-state index contributed by atoms with van der Waals surface area (Å²) in [5.41, 5.74) is 3.21. The molecule has 0 saturated carbocycles. The van der Waals surface area contributed by atoms with Crippen LogP contribution in [0.5, 0.6) is 0 Å². The molecule has 1 aromatic heterocycles. The van der Waals surface area contributed by atoms with Gasteiger partial charge in [-0.05, 0) is 68.1 Å². The summed E-state index contributed by atoms with van der Waals surface area (Å²) < 4.78 is 13.0. The van der Waals surface area contributed by atoms with Crippen LogP contribution in [0.1, 0.15) is 30.5 Å². The van der Waals surface area contributed by atoms with E-state index in [0.717, 1.165) is 35.9 Å². The maximum Gasteiger partial charge on any atom is 0.229 e. The highest BCUT2D eigenvalue weighted by Crippen LogP contribution is 2.22. The van der Waals surface area contributed by atoms with E-state index in [1.165, 1.54) is 31.4 Å². The van der Waals surface area contributed by atoms with Gasteiger partial charge in [-0.3, -0.25) is 4.79 Å². The van der Waals surface area contributed by atoms with Gasteiger partial charge >= 0.3 is 0 Å². The van der Waals surface area contributed by atoms with Crippen molar-refractivity contribution in [3.63, 3.8) is 0 Å². The molecule has 1 amide bonds. The predicted molar refractivity (Wildman–Crippen MR) is 121 cm³/mol. The number of amides is 1. The number of rotatable bonds is 6. The zero-order valence-electron chi connectivity index (χ0n) is 17.6. The van der Waals surface area contributed by atoms with E-state index in [1.54, 1.807) is 12.1 Å². The van der Waals surface area contributed by atoms with Crippen LogP contribution in [0.15, 0.2) is 54.6 Å². The van der Waals surface area contributed by atoms with Crippen LogP contribution >= 0.6 is 0 Å². The third-order valence-corrected chi connectivity index (χ3v) is 5.22. The van der Waals surface area contributed by atoms with Crippen LogP contribution in [-0.2, 0) is 11.2 Å². The minimum Gasteiger partial charge on any atom is -0.356 e. The average molecular weight is 420 g/mol. The Morgan fingerprint density at radius 1 is 0.968 bits per heavy atom. The van der Waals surface area contributed by atoms with Crippen LogP contribution in [0.4, 0.5) is 27.5 Å². The van der Waals surface area contributed by atoms with Gasteiger partial charge in [-0.2, -0.15) is 4.98 Å². The third kappa shape index (κ3) is 5.78. The number of benzene rings is 2. The molecular formula is C24H26FN5O. The van der Waals surface area contributed by atoms with Crippen LogP contribution in [-0.4, -0.2) is 29.0 Å². The summed E-state index contributed by atoms with van der Waals surface area (Å²) in [6, 6.07) is 15.4. The third-order valence-electron chi connectivity index (χ3n) is 5.22. The van der Waals surface area contributed by atoms with Gasteiger partial charge in [0.2, 0.25) is 11.9 Å². The predicted octanol–water partition coefficient (Wildman–Crippen LogP) is 4.84. The average Bonchev–Trinajstić information content (AvgIpc) is 2.77. The van der Waals surface area contributed by atoms with E-state index in [0.29, 0.717) is 11.6 Å². The lowest BCUT2D eigenvalue weighted by molar-refractivity contribution is -0.115. The number of hydrogen-bond donors (Lipinski definition) is 2. The summed E-state index contributed by atoms with van der Waals surface area (Å²) in [5.74, 6) is 1.06. The van der Waals surface area contributed by atoms with Gasteiger partial charge in [0, 0.05) is 36.2 Å². The van der Waals surface area contributed by atoms with Crippen molar-refractivity contribution in [3.8, 4) is 0 Å². The van der Waals surface area contributed by atoms with Crippen molar-refractivity contribution < 1.29 is 9.18 Å². The van der Waals surface area contributed by atoms with Crippen LogP contribution in [0.3, 0.4) is 0 Å². The number of aromatic nitrogens is 2. The Morgan fingerprint density at radius 2 is 1.65 bits per heavy atom. The van der Waals surface area contributed by atoms with Gasteiger partial charge in [-0.25, -0.2) is 9.37 Å². The molecule has 3 aromatic rings. The second-order valence-corrected chi connectivity index (χ2v) is 7.79. The largest absolute Gasteiger partial charge is 0.356 e. The lowest BCUT2D eigenvalue weighted by atomic mass is 10.1. The smallest absolute Gasteiger partial charge is 0.229 e. The van der Waals surface area contributed by atoms with Crippen molar-refractivity contribution in [2.75, 3.05) is 28.6 Å². The Morgan fingerprint density at radius 3 is 2.35 bits per heavy atom. The maximum atomic E-state index is 13.0. The van der Waals surface area contributed by atoms with E-state index >= 15 is 0 Å². The Balaban J connectivity index is 1.37. The molecule has 0 spiro atoms. The fourth-order valence-corrected chi connectivity index (χ4v) is 3.65. The van der Waals surface area contributed by atoms with Crippen molar-refractivity contribution in [1.82, 2.24) is 9.97 Å². The number of carbonyl (C=O) groups excluding carboxylic acids is 1. The van der Waals surface area contributed by atoms with Crippen molar-refractivity contribution in [1.29, 1.82) is 0 Å². The number of piperidine rings is 1. The molecule has 0 radical (unpaired) electrons. The Hall–Kier alpha value is -3.48. The first-order valence-corrected chi connectivity index (χ1v) is 10.6. The number of carbonyl (C=O) groups is 1. The molecule has 160 valence electrons. The highest BCUT2D eigenvalue weighted by molar-refractivity contribution is 5.92. The molecule has 1 fully saturated rings. The summed E-state index contributed by atoms with van der Waals surface area (Å²) in [6.45, 7) is 4.03. The number of nitrogens with one attached hydrogen (secondary N) is 2. The van der Waals surface area contributed by atoms with E-state index in [1.807, 2.05) is 37.3 Å². The first-order valence-electron chi connectivity index (χ1n) is 10.6. The standard InChI is InChI=1S/C24H26FN5O/c1-17-15-22(30-13-3-2-4-14-30)29-24(26-17)28-21-11-9-20(10-12-21)27-23(31)16-18-5-7-19(25)8-6-18/h5-12,15H,2-4,13-14,16H2,1H3,(H,27,31)(H,26,28,29). The van der Waals surface area contributed by atoms with Gasteiger partial charge in [0.15, 0.2) is 0 Å². The highest BCUT2D eigenvalue weighted by Gasteiger charge is 2.14. The van der Waals surface area contributed by atoms with Crippen LogP contribution in [0.2, 0.25) is 0 Å². The van der Waals surface area contributed by atoms with E-state index in [9.17, 15) is 9.18 Å². The maximum absolute atomic E-state index is 13.0. The zero-order chi connectivity index (χ0) is 21.6. The summed E-state index contributed by atoms with van der Waals surface area (Å²) in [7, 11) is 0. The monoisotopic (exact) mass is 419 g/mol. The molecule has 6 nitrogen and oxygen atoms in total. The normalized spacial score (nSPS) is 13.7. The van der Waals surface area contributed by atoms with Crippen LogP contribution in [0.25, 0.3) is 0 Å². The molecule has 1 aliphatic heterocycles. The van der Waals surface area contributed by atoms with Crippen LogP contribution in [0, 0.1) is 12.7 Å². The first kappa shape index (κ1) is 20.8. The van der Waals surface area contributed by atoms with Crippen molar-refractivity contribution in [2.45, 2.75) is 32.6 Å². The number of aryl methyl sites for hydroxylation is 1. The van der Waals surface area contributed by atoms with Crippen LogP contribution < -0.4 is 15.5 Å². The molecule has 2 aromatic carbocycles. The van der Waals surface area contributed by atoms with Gasteiger partial charge in [-0.1, -0.05) is 12.1 Å². The second kappa shape index (κ2) is 9.55. The van der Waals surface area contributed by atoms with Gasteiger partial charge in [-0.15, -0.1) is 0 Å². The van der Waals surface area contributed by atoms with Gasteiger partial charge < -0.3 is 15.5 Å². The van der Waals surface area contributed by atoms with E-state index in [-0.39, 0.29) is 18.1 Å². The summed E-state index contributed by atoms with van der Waals surface area (Å²) in [5, 5.41) is 6.11. The number of nitrogens with zero attached hydrogens (tertiary/aromatic N) is 3. The first-order chi connectivity index (χ1) is 15.0. The van der Waals surface area contributed by atoms with E-state index in [4.69, 9.17) is 0 Å². The Kier molecular flexibility index (Phi) is 6.40. The van der Waals surface area contributed by atoms with Crippen molar-refractivity contribution >= 4 is 29.0 Å². The number of halogens is 1. The molecule has 2 N–H and O–H groups in total. The Labute approximate surface area is 181 Å². The van der Waals surface area contributed by atoms with E-state index in [2.05, 4.69) is 25.5 Å². The topological polar surface area (TPSA) is 70.2 Å². The zero-order valence-corrected chi connectivity index (χ0v) is 17.6. The highest BCUT2D eigenvalue weighted by atomic mass is 19.1. The minimum absolute atomic E-state index is 0.152. The molecule has 1 aliphatic rings. The molecule has 0 aliphatic carbocycles.